The molecule has 1 N–H and O–H groups in total. The molecule has 2 aliphatic carbocycles. The van der Waals surface area contributed by atoms with Crippen LogP contribution in [-0.4, -0.2) is 54.9 Å². The van der Waals surface area contributed by atoms with E-state index in [-0.39, 0.29) is 24.4 Å². The lowest BCUT2D eigenvalue weighted by atomic mass is 9.81. The number of rotatable bonds is 5. The van der Waals surface area contributed by atoms with E-state index in [9.17, 15) is 4.79 Å². The molecule has 3 bridgehead atoms. The fraction of sp³-hybridized carbons (Fsp3) is 0.500. The zero-order valence-electron chi connectivity index (χ0n) is 15.0. The molecule has 1 aromatic carbocycles. The maximum Gasteiger partial charge on any atom is 0.338 e. The number of carbonyl (C=O) groups is 1. The number of thioether (sulfide) groups is 1. The molecule has 1 saturated carbocycles. The maximum atomic E-state index is 12.4. The van der Waals surface area contributed by atoms with Gasteiger partial charge >= 0.3 is 5.97 Å². The van der Waals surface area contributed by atoms with Crippen molar-refractivity contribution in [3.8, 4) is 5.75 Å². The van der Waals surface area contributed by atoms with Gasteiger partial charge in [-0.25, -0.2) is 4.79 Å². The summed E-state index contributed by atoms with van der Waals surface area (Å²) in [6.45, 7) is 1.05. The molecule has 27 heavy (non-hydrogen) atoms. The Bertz CT molecular complexity index is 805. The first-order valence-electron chi connectivity index (χ1n) is 9.27. The molecule has 2 aliphatic heterocycles. The number of nitrogens with zero attached hydrogens (tertiary/aromatic N) is 1. The van der Waals surface area contributed by atoms with E-state index in [0.29, 0.717) is 34.4 Å². The van der Waals surface area contributed by atoms with Crippen molar-refractivity contribution in [3.63, 3.8) is 0 Å². The molecule has 6 unspecified atom stereocenters. The fourth-order valence-corrected chi connectivity index (χ4v) is 5.95. The topological polar surface area (TPSA) is 69.2 Å². The van der Waals surface area contributed by atoms with Gasteiger partial charge in [-0.05, 0) is 30.5 Å². The summed E-state index contributed by atoms with van der Waals surface area (Å²) in [6.07, 6.45) is 5.22. The molecule has 6 nitrogen and oxygen atoms in total. The Morgan fingerprint density at radius 2 is 2.41 bits per heavy atom. The van der Waals surface area contributed by atoms with E-state index >= 15 is 0 Å². The number of fused-ring (bicyclic) bond motifs is 3. The van der Waals surface area contributed by atoms with Crippen LogP contribution in [0.15, 0.2) is 41.4 Å². The predicted octanol–water partition coefficient (Wildman–Crippen LogP) is 2.25. The number of aliphatic imine (C=N–C) groups is 1. The third kappa shape index (κ3) is 2.88. The van der Waals surface area contributed by atoms with Crippen molar-refractivity contribution in [1.82, 2.24) is 5.32 Å². The summed E-state index contributed by atoms with van der Waals surface area (Å²) in [5.41, 5.74) is 2.18. The first kappa shape index (κ1) is 17.3. The quantitative estimate of drug-likeness (QED) is 0.618. The summed E-state index contributed by atoms with van der Waals surface area (Å²) in [6, 6.07) is 7.33. The Kier molecular flexibility index (Phi) is 4.26. The summed E-state index contributed by atoms with van der Waals surface area (Å²) < 4.78 is 17.1. The van der Waals surface area contributed by atoms with Gasteiger partial charge in [0.05, 0.1) is 30.4 Å². The van der Waals surface area contributed by atoms with Crippen molar-refractivity contribution in [2.75, 3.05) is 20.3 Å². The van der Waals surface area contributed by atoms with Crippen LogP contribution >= 0.6 is 11.8 Å². The van der Waals surface area contributed by atoms with Gasteiger partial charge in [-0.2, -0.15) is 0 Å². The van der Waals surface area contributed by atoms with Crippen molar-refractivity contribution in [2.24, 2.45) is 16.8 Å². The van der Waals surface area contributed by atoms with Gasteiger partial charge in [0.2, 0.25) is 0 Å². The summed E-state index contributed by atoms with van der Waals surface area (Å²) >= 11 is 1.81. The van der Waals surface area contributed by atoms with Crippen molar-refractivity contribution >= 4 is 23.3 Å². The van der Waals surface area contributed by atoms with Crippen LogP contribution in [-0.2, 0) is 9.47 Å². The lowest BCUT2D eigenvalue weighted by Crippen LogP contribution is -2.62. The zero-order valence-corrected chi connectivity index (χ0v) is 15.9. The monoisotopic (exact) mass is 386 g/mol. The molecule has 1 aromatic rings. The van der Waals surface area contributed by atoms with Crippen molar-refractivity contribution in [2.45, 2.75) is 29.5 Å². The molecule has 4 aliphatic rings. The van der Waals surface area contributed by atoms with Crippen molar-refractivity contribution in [3.05, 3.63) is 42.0 Å². The van der Waals surface area contributed by atoms with E-state index in [1.807, 2.05) is 17.3 Å². The van der Waals surface area contributed by atoms with Crippen LogP contribution in [0.1, 0.15) is 16.8 Å². The number of carbonyl (C=O) groups excluding carboxylic acids is 1. The maximum absolute atomic E-state index is 12.4. The van der Waals surface area contributed by atoms with Gasteiger partial charge in [-0.15, -0.1) is 11.8 Å². The van der Waals surface area contributed by atoms with E-state index in [1.54, 1.807) is 31.4 Å². The second-order valence-electron chi connectivity index (χ2n) is 7.48. The normalized spacial score (nSPS) is 38.3. The minimum Gasteiger partial charge on any atom is -0.497 e. The summed E-state index contributed by atoms with van der Waals surface area (Å²) in [5, 5.41) is 4.04. The van der Waals surface area contributed by atoms with Crippen molar-refractivity contribution in [1.29, 1.82) is 0 Å². The van der Waals surface area contributed by atoms with Crippen LogP contribution in [0.3, 0.4) is 0 Å². The average molecular weight is 386 g/mol. The highest BCUT2D eigenvalue weighted by atomic mass is 32.2. The lowest BCUT2D eigenvalue weighted by Gasteiger charge is -2.47. The number of hydrogen-bond donors (Lipinski definition) is 1. The molecule has 1 saturated heterocycles. The average Bonchev–Trinajstić information content (AvgIpc) is 3.39. The molecule has 2 fully saturated rings. The summed E-state index contributed by atoms with van der Waals surface area (Å²) in [5.74, 6) is 1.15. The highest BCUT2D eigenvalue weighted by Gasteiger charge is 2.62. The first-order chi connectivity index (χ1) is 13.2. The van der Waals surface area contributed by atoms with Gasteiger partial charge in [0.1, 0.15) is 18.6 Å². The second kappa shape index (κ2) is 6.65. The molecule has 2 heterocycles. The number of nitrogens with one attached hydrogen (secondary N) is 1. The third-order valence-electron chi connectivity index (χ3n) is 6.00. The van der Waals surface area contributed by atoms with Crippen LogP contribution < -0.4 is 10.1 Å². The number of hydrogen-bond acceptors (Lipinski definition) is 7. The first-order valence-corrected chi connectivity index (χ1v) is 10.2. The molecular formula is C20H22N2O4S. The van der Waals surface area contributed by atoms with Gasteiger partial charge in [0.25, 0.3) is 0 Å². The van der Waals surface area contributed by atoms with E-state index in [0.717, 1.165) is 13.0 Å². The Morgan fingerprint density at radius 1 is 1.48 bits per heavy atom. The highest BCUT2D eigenvalue weighted by Crippen LogP contribution is 2.55. The fourth-order valence-electron chi connectivity index (χ4n) is 4.88. The highest BCUT2D eigenvalue weighted by molar-refractivity contribution is 8.12. The molecule has 0 aromatic heterocycles. The smallest absolute Gasteiger partial charge is 0.338 e. The van der Waals surface area contributed by atoms with Crippen LogP contribution in [0.4, 0.5) is 0 Å². The van der Waals surface area contributed by atoms with Gasteiger partial charge in [0, 0.05) is 17.2 Å². The molecule has 6 atom stereocenters. The minimum atomic E-state index is -0.369. The standard InChI is InChI=1S/C20H22N2O4S/c1-24-14-4-2-3-12(7-14)19(23)25-10-16-22-18-13-5-6-20(8-13,26-16)17(18)15-9-21-11-27-15/h2-7,11,13,15-18,22H,8-10H2,1H3. The Balaban J connectivity index is 1.25. The number of benzene rings is 1. The molecular weight excluding hydrogens is 364 g/mol. The number of ether oxygens (including phenoxy) is 3. The molecule has 1 spiro atoms. The largest absolute Gasteiger partial charge is 0.497 e. The Labute approximate surface area is 162 Å². The van der Waals surface area contributed by atoms with Gasteiger partial charge < -0.3 is 14.2 Å². The molecule has 0 radical (unpaired) electrons. The van der Waals surface area contributed by atoms with Crippen LogP contribution in [0, 0.1) is 11.8 Å². The molecule has 0 amide bonds. The summed E-state index contributed by atoms with van der Waals surface area (Å²) in [4.78, 5) is 16.8. The van der Waals surface area contributed by atoms with Crippen LogP contribution in [0.2, 0.25) is 0 Å². The van der Waals surface area contributed by atoms with E-state index in [4.69, 9.17) is 14.2 Å². The SMILES string of the molecule is COc1cccc(C(=O)OCC2NC3C4C=CC(C4)(O2)C3C2CN=CS2)c1. The van der Waals surface area contributed by atoms with E-state index in [1.165, 1.54) is 0 Å². The van der Waals surface area contributed by atoms with E-state index < -0.39 is 0 Å². The van der Waals surface area contributed by atoms with Crippen molar-refractivity contribution < 1.29 is 19.0 Å². The predicted molar refractivity (Wildman–Crippen MR) is 103 cm³/mol. The van der Waals surface area contributed by atoms with Crippen LogP contribution in [0.25, 0.3) is 0 Å². The molecule has 7 heteroatoms. The van der Waals surface area contributed by atoms with Gasteiger partial charge in [-0.1, -0.05) is 18.2 Å². The van der Waals surface area contributed by atoms with E-state index in [2.05, 4.69) is 22.5 Å². The minimum absolute atomic E-state index is 0.190. The number of esters is 1. The Morgan fingerprint density at radius 3 is 3.19 bits per heavy atom. The Hall–Kier alpha value is -1.83. The summed E-state index contributed by atoms with van der Waals surface area (Å²) in [7, 11) is 1.58. The van der Waals surface area contributed by atoms with Crippen LogP contribution in [0.5, 0.6) is 5.75 Å². The van der Waals surface area contributed by atoms with Gasteiger partial charge in [0.15, 0.2) is 0 Å². The molecule has 142 valence electrons. The second-order valence-corrected chi connectivity index (χ2v) is 8.57. The zero-order chi connectivity index (χ0) is 18.4. The number of methoxy groups -OCH3 is 1. The van der Waals surface area contributed by atoms with Gasteiger partial charge in [-0.3, -0.25) is 10.3 Å². The lowest BCUT2D eigenvalue weighted by molar-refractivity contribution is -0.147. The molecule has 5 rings (SSSR count). The third-order valence-corrected chi connectivity index (χ3v) is 7.06.